The smallest absolute Gasteiger partial charge is 0.115 e. The first kappa shape index (κ1) is 46.2. The number of likely N-dealkylation sites (N-methyl/N-ethyl adjacent to an activating group) is 1. The lowest BCUT2D eigenvalue weighted by Crippen LogP contribution is -2.32. The minimum atomic E-state index is -0.417. The maximum absolute atomic E-state index is 12.5. The number of hydrogen-bond acceptors (Lipinski definition) is 5. The predicted molar refractivity (Wildman–Crippen MR) is 166 cm³/mol. The molecule has 0 amide bonds. The Morgan fingerprint density at radius 3 is 1.87 bits per heavy atom. The van der Waals surface area contributed by atoms with Gasteiger partial charge < -0.3 is 30.7 Å². The summed E-state index contributed by atoms with van der Waals surface area (Å²) in [7, 11) is 3.67. The predicted octanol–water partition coefficient (Wildman–Crippen LogP) is 7.70. The highest BCUT2D eigenvalue weighted by molar-refractivity contribution is 5.27. The molecule has 0 radical (unpaired) electrons. The first-order valence-electron chi connectivity index (χ1n) is 14.2. The number of alkyl halides is 1. The van der Waals surface area contributed by atoms with E-state index < -0.39 is 6.67 Å². The molecule has 1 aromatic carbocycles. The van der Waals surface area contributed by atoms with Gasteiger partial charge in [-0.25, -0.2) is 0 Å². The fourth-order valence-electron chi connectivity index (χ4n) is 2.97. The fourth-order valence-corrected chi connectivity index (χ4v) is 2.97. The van der Waals surface area contributed by atoms with Crippen LogP contribution >= 0.6 is 0 Å². The van der Waals surface area contributed by atoms with Crippen LogP contribution in [0.2, 0.25) is 0 Å². The van der Waals surface area contributed by atoms with E-state index in [0.29, 0.717) is 6.10 Å². The highest BCUT2D eigenvalue weighted by atomic mass is 19.1. The number of benzene rings is 1. The number of methoxy groups -OCH3 is 1. The van der Waals surface area contributed by atoms with E-state index in [1.807, 2.05) is 40.7 Å². The molecule has 6 nitrogen and oxygen atoms in total. The Hall–Kier alpha value is -1.67. The Bertz CT molecular complexity index is 600. The van der Waals surface area contributed by atoms with Crippen LogP contribution in [0.3, 0.4) is 0 Å². The van der Waals surface area contributed by atoms with E-state index in [-0.39, 0.29) is 29.4 Å². The lowest BCUT2D eigenvalue weighted by molar-refractivity contribution is -0.00783. The first-order chi connectivity index (χ1) is 17.6. The Morgan fingerprint density at radius 1 is 1.03 bits per heavy atom. The Kier molecular flexibility index (Phi) is 40.6. The van der Waals surface area contributed by atoms with Gasteiger partial charge in [0.1, 0.15) is 5.75 Å². The van der Waals surface area contributed by atoms with Crippen molar-refractivity contribution in [2.75, 3.05) is 33.9 Å². The SMILES string of the molecule is C/C=C(\N)CCN(C)C[C@H](C)O[C@H](C)CC.CC.CC.CCC.CO[C@H](c1ccc(O)cc1)[C@H](C)CF.O. The Morgan fingerprint density at radius 2 is 1.50 bits per heavy atom. The zero-order valence-corrected chi connectivity index (χ0v) is 27.1. The van der Waals surface area contributed by atoms with Crippen LogP contribution in [0.25, 0.3) is 0 Å². The van der Waals surface area contributed by atoms with Crippen LogP contribution in [0.4, 0.5) is 4.39 Å². The lowest BCUT2D eigenvalue weighted by Gasteiger charge is -2.24. The first-order valence-corrected chi connectivity index (χ1v) is 14.2. The van der Waals surface area contributed by atoms with Crippen molar-refractivity contribution in [3.63, 3.8) is 0 Å². The second-order valence-corrected chi connectivity index (χ2v) is 8.63. The standard InChI is InChI=1S/C13H28N2O.C11H15FO2.C3H8.2C2H6.H2O/c1-6-11(3)16-12(4)10-15(5)9-8-13(14)7-2;1-8(7-12)11(14-2)9-3-5-10(13)6-4-9;1-3-2;2*1-2;/h7,11-12H,6,8-10,14H2,1-5H3;3-6,8,11,13H,7H2,1-2H3;3H2,1-2H3;2*1-2H3;1H2/b13-7-;;;;;/t11-,12+;8-,11+;;;;/m11..../s1. The summed E-state index contributed by atoms with van der Waals surface area (Å²) >= 11 is 0. The number of aromatic hydroxyl groups is 1. The van der Waals surface area contributed by atoms with E-state index in [0.717, 1.165) is 37.2 Å². The maximum atomic E-state index is 12.5. The van der Waals surface area contributed by atoms with Crippen LogP contribution in [0.1, 0.15) is 107 Å². The third kappa shape index (κ3) is 27.4. The van der Waals surface area contributed by atoms with Crippen molar-refractivity contribution >= 4 is 0 Å². The van der Waals surface area contributed by atoms with E-state index in [1.165, 1.54) is 6.42 Å². The monoisotopic (exact) mass is 548 g/mol. The lowest BCUT2D eigenvalue weighted by atomic mass is 9.98. The molecule has 0 aliphatic rings. The number of halogens is 1. The zero-order chi connectivity index (χ0) is 29.8. The normalized spacial score (nSPS) is 13.3. The van der Waals surface area contributed by atoms with E-state index >= 15 is 0 Å². The zero-order valence-electron chi connectivity index (χ0n) is 27.1. The molecule has 0 unspecified atom stereocenters. The van der Waals surface area contributed by atoms with E-state index in [2.05, 4.69) is 46.6 Å². The summed E-state index contributed by atoms with van der Waals surface area (Å²) in [6.07, 6.45) is 5.60. The van der Waals surface area contributed by atoms with Gasteiger partial charge in [0.2, 0.25) is 0 Å². The number of allylic oxidation sites excluding steroid dienone is 1. The molecule has 38 heavy (non-hydrogen) atoms. The number of phenolic OH excluding ortho intramolecular Hbond substituents is 1. The molecule has 0 saturated carbocycles. The summed E-state index contributed by atoms with van der Waals surface area (Å²) in [5.74, 6) is 0.0287. The van der Waals surface area contributed by atoms with Crippen molar-refractivity contribution in [3.8, 4) is 5.75 Å². The molecule has 1 rings (SSSR count). The van der Waals surface area contributed by atoms with Gasteiger partial charge in [0.25, 0.3) is 0 Å². The van der Waals surface area contributed by atoms with Gasteiger partial charge in [-0.2, -0.15) is 0 Å². The van der Waals surface area contributed by atoms with Gasteiger partial charge >= 0.3 is 0 Å². The molecule has 0 aliphatic carbocycles. The topological polar surface area (TPSA) is 99.5 Å². The molecule has 7 heteroatoms. The molecule has 0 saturated heterocycles. The Balaban J connectivity index is -0.000000152. The average molecular weight is 549 g/mol. The molecule has 1 aromatic rings. The highest BCUT2D eigenvalue weighted by Crippen LogP contribution is 2.26. The molecule has 0 aromatic heterocycles. The Labute approximate surface area is 236 Å². The van der Waals surface area contributed by atoms with Gasteiger partial charge in [-0.15, -0.1) is 0 Å². The summed E-state index contributed by atoms with van der Waals surface area (Å²) < 4.78 is 23.5. The van der Waals surface area contributed by atoms with E-state index in [1.54, 1.807) is 38.3 Å². The molecule has 0 spiro atoms. The average Bonchev–Trinajstić information content (AvgIpc) is 2.91. The number of nitrogens with two attached hydrogens (primary N) is 1. The largest absolute Gasteiger partial charge is 0.508 e. The van der Waals surface area contributed by atoms with Crippen molar-refractivity contribution in [1.82, 2.24) is 4.90 Å². The van der Waals surface area contributed by atoms with Gasteiger partial charge in [0.05, 0.1) is 25.0 Å². The molecular formula is C31H65FN2O4. The van der Waals surface area contributed by atoms with Crippen LogP contribution < -0.4 is 5.73 Å². The van der Waals surface area contributed by atoms with Gasteiger partial charge in [-0.05, 0) is 58.4 Å². The van der Waals surface area contributed by atoms with Crippen molar-refractivity contribution in [2.45, 2.75) is 114 Å². The number of nitrogens with zero attached hydrogens (tertiary/aromatic N) is 1. The second kappa shape index (κ2) is 33.4. The van der Waals surface area contributed by atoms with Gasteiger partial charge in [-0.3, -0.25) is 4.39 Å². The summed E-state index contributed by atoms with van der Waals surface area (Å²) in [4.78, 5) is 2.27. The number of hydrogen-bond donors (Lipinski definition) is 2. The third-order valence-corrected chi connectivity index (χ3v) is 5.00. The summed E-state index contributed by atoms with van der Waals surface area (Å²) in [6.45, 7) is 23.9. The van der Waals surface area contributed by atoms with Crippen molar-refractivity contribution in [3.05, 3.63) is 41.6 Å². The van der Waals surface area contributed by atoms with Crippen molar-refractivity contribution in [2.24, 2.45) is 11.7 Å². The van der Waals surface area contributed by atoms with Crippen LogP contribution in [0, 0.1) is 5.92 Å². The van der Waals surface area contributed by atoms with Crippen LogP contribution in [-0.2, 0) is 9.47 Å². The minimum absolute atomic E-state index is 0. The molecule has 230 valence electrons. The van der Waals surface area contributed by atoms with Gasteiger partial charge in [0, 0.05) is 31.8 Å². The summed E-state index contributed by atoms with van der Waals surface area (Å²) in [5.41, 5.74) is 7.60. The van der Waals surface area contributed by atoms with Gasteiger partial charge in [-0.1, -0.05) is 80.0 Å². The highest BCUT2D eigenvalue weighted by Gasteiger charge is 2.18. The fraction of sp³-hybridized carbons (Fsp3) is 0.742. The van der Waals surface area contributed by atoms with Gasteiger partial charge in [0.15, 0.2) is 0 Å². The quantitative estimate of drug-likeness (QED) is 0.279. The molecule has 4 atom stereocenters. The summed E-state index contributed by atoms with van der Waals surface area (Å²) in [5, 5.41) is 9.09. The summed E-state index contributed by atoms with van der Waals surface area (Å²) in [6, 6.07) is 6.64. The maximum Gasteiger partial charge on any atom is 0.115 e. The molecular weight excluding hydrogens is 483 g/mol. The van der Waals surface area contributed by atoms with Crippen LogP contribution in [0.5, 0.6) is 5.75 Å². The minimum Gasteiger partial charge on any atom is -0.508 e. The van der Waals surface area contributed by atoms with E-state index in [4.69, 9.17) is 20.3 Å². The van der Waals surface area contributed by atoms with Crippen molar-refractivity contribution < 1.29 is 24.4 Å². The molecule has 0 bridgehead atoms. The third-order valence-electron chi connectivity index (χ3n) is 5.00. The van der Waals surface area contributed by atoms with Crippen molar-refractivity contribution in [1.29, 1.82) is 0 Å². The van der Waals surface area contributed by atoms with Crippen LogP contribution in [0.15, 0.2) is 36.0 Å². The molecule has 0 fully saturated rings. The molecule has 0 heterocycles. The van der Waals surface area contributed by atoms with Crippen LogP contribution in [-0.4, -0.2) is 61.6 Å². The number of phenols is 1. The van der Waals surface area contributed by atoms with E-state index in [9.17, 15) is 4.39 Å². The molecule has 5 N–H and O–H groups in total. The number of ether oxygens (including phenoxy) is 2. The molecule has 0 aliphatic heterocycles. The number of rotatable bonds is 12. The second-order valence-electron chi connectivity index (χ2n) is 8.63.